The molecule has 0 saturated heterocycles. The Morgan fingerprint density at radius 1 is 1.05 bits per heavy atom. The summed E-state index contributed by atoms with van der Waals surface area (Å²) in [6.07, 6.45) is 0.844. The summed E-state index contributed by atoms with van der Waals surface area (Å²) in [5.74, 6) is 2.77. The molecule has 2 aromatic rings. The third kappa shape index (κ3) is 3.12. The Labute approximate surface area is 115 Å². The quantitative estimate of drug-likeness (QED) is 0.717. The molecule has 2 aromatic carbocycles. The van der Waals surface area contributed by atoms with Crippen molar-refractivity contribution in [3.05, 3.63) is 59.2 Å². The SMILES string of the molecule is C#Cc1ccc(C(F)(F)F)cc1Oc1ccc(C)cc1. The maximum absolute atomic E-state index is 12.7. The lowest BCUT2D eigenvalue weighted by Gasteiger charge is -2.12. The Balaban J connectivity index is 2.39. The summed E-state index contributed by atoms with van der Waals surface area (Å²) >= 11 is 0. The van der Waals surface area contributed by atoms with E-state index in [-0.39, 0.29) is 11.3 Å². The minimum absolute atomic E-state index is 0.0196. The fourth-order valence-electron chi connectivity index (χ4n) is 1.64. The molecule has 0 radical (unpaired) electrons. The molecule has 0 spiro atoms. The first-order valence-electron chi connectivity index (χ1n) is 5.82. The van der Waals surface area contributed by atoms with Crippen molar-refractivity contribution in [2.45, 2.75) is 13.1 Å². The zero-order valence-corrected chi connectivity index (χ0v) is 10.7. The van der Waals surface area contributed by atoms with Gasteiger partial charge in [-0.3, -0.25) is 0 Å². The van der Waals surface area contributed by atoms with Gasteiger partial charge in [0.2, 0.25) is 0 Å². The summed E-state index contributed by atoms with van der Waals surface area (Å²) in [7, 11) is 0. The van der Waals surface area contributed by atoms with Gasteiger partial charge in [0, 0.05) is 0 Å². The van der Waals surface area contributed by atoms with E-state index in [0.717, 1.165) is 17.7 Å². The van der Waals surface area contributed by atoms with Crippen LogP contribution in [0.1, 0.15) is 16.7 Å². The molecule has 0 aliphatic carbocycles. The van der Waals surface area contributed by atoms with Crippen LogP contribution in [0.2, 0.25) is 0 Å². The van der Waals surface area contributed by atoms with Crippen LogP contribution in [0.15, 0.2) is 42.5 Å². The lowest BCUT2D eigenvalue weighted by atomic mass is 10.1. The number of alkyl halides is 3. The fourth-order valence-corrected chi connectivity index (χ4v) is 1.64. The normalized spacial score (nSPS) is 10.9. The van der Waals surface area contributed by atoms with E-state index in [9.17, 15) is 13.2 Å². The highest BCUT2D eigenvalue weighted by molar-refractivity contribution is 5.49. The Kier molecular flexibility index (Phi) is 3.71. The molecule has 0 aliphatic rings. The largest absolute Gasteiger partial charge is 0.456 e. The summed E-state index contributed by atoms with van der Waals surface area (Å²) in [5, 5.41) is 0. The first kappa shape index (κ1) is 14.0. The van der Waals surface area contributed by atoms with Crippen molar-refractivity contribution in [3.63, 3.8) is 0 Å². The smallest absolute Gasteiger partial charge is 0.416 e. The number of ether oxygens (including phenoxy) is 1. The molecular formula is C16H11F3O. The maximum Gasteiger partial charge on any atom is 0.416 e. The first-order valence-corrected chi connectivity index (χ1v) is 5.82. The number of halogens is 3. The topological polar surface area (TPSA) is 9.23 Å². The molecule has 0 heterocycles. The van der Waals surface area contributed by atoms with E-state index in [4.69, 9.17) is 11.2 Å². The van der Waals surface area contributed by atoms with Gasteiger partial charge in [-0.15, -0.1) is 6.42 Å². The molecule has 0 atom stereocenters. The zero-order chi connectivity index (χ0) is 14.8. The van der Waals surface area contributed by atoms with E-state index in [0.29, 0.717) is 5.75 Å². The van der Waals surface area contributed by atoms with Crippen molar-refractivity contribution in [1.82, 2.24) is 0 Å². The number of hydrogen-bond donors (Lipinski definition) is 0. The van der Waals surface area contributed by atoms with Gasteiger partial charge >= 0.3 is 6.18 Å². The van der Waals surface area contributed by atoms with Crippen LogP contribution in [-0.4, -0.2) is 0 Å². The van der Waals surface area contributed by atoms with Crippen LogP contribution < -0.4 is 4.74 Å². The average molecular weight is 276 g/mol. The van der Waals surface area contributed by atoms with Gasteiger partial charge in [-0.25, -0.2) is 0 Å². The van der Waals surface area contributed by atoms with Crippen molar-refractivity contribution < 1.29 is 17.9 Å². The summed E-state index contributed by atoms with van der Waals surface area (Å²) in [4.78, 5) is 0. The second-order valence-electron chi connectivity index (χ2n) is 4.27. The summed E-state index contributed by atoms with van der Waals surface area (Å²) in [5.41, 5.74) is 0.510. The number of benzene rings is 2. The van der Waals surface area contributed by atoms with Crippen molar-refractivity contribution >= 4 is 0 Å². The van der Waals surface area contributed by atoms with Gasteiger partial charge in [-0.2, -0.15) is 13.2 Å². The van der Waals surface area contributed by atoms with Crippen LogP contribution in [0.3, 0.4) is 0 Å². The van der Waals surface area contributed by atoms with Crippen LogP contribution in [0, 0.1) is 19.3 Å². The third-order valence-electron chi connectivity index (χ3n) is 2.71. The Morgan fingerprint density at radius 2 is 1.70 bits per heavy atom. The molecule has 20 heavy (non-hydrogen) atoms. The lowest BCUT2D eigenvalue weighted by Crippen LogP contribution is -2.05. The molecule has 0 saturated carbocycles. The summed E-state index contributed by atoms with van der Waals surface area (Å²) in [6.45, 7) is 1.90. The second kappa shape index (κ2) is 5.30. The van der Waals surface area contributed by atoms with Gasteiger partial charge in [0.25, 0.3) is 0 Å². The molecule has 0 aromatic heterocycles. The molecule has 0 aliphatic heterocycles. The van der Waals surface area contributed by atoms with Gasteiger partial charge in [0.05, 0.1) is 11.1 Å². The van der Waals surface area contributed by atoms with Crippen LogP contribution in [-0.2, 0) is 6.18 Å². The fraction of sp³-hybridized carbons (Fsp3) is 0.125. The van der Waals surface area contributed by atoms with Crippen molar-refractivity contribution in [1.29, 1.82) is 0 Å². The molecule has 0 amide bonds. The highest BCUT2D eigenvalue weighted by Gasteiger charge is 2.31. The van der Waals surface area contributed by atoms with E-state index in [1.54, 1.807) is 24.3 Å². The number of aryl methyl sites for hydroxylation is 1. The van der Waals surface area contributed by atoms with Gasteiger partial charge < -0.3 is 4.74 Å². The van der Waals surface area contributed by atoms with Crippen LogP contribution in [0.4, 0.5) is 13.2 Å². The lowest BCUT2D eigenvalue weighted by molar-refractivity contribution is -0.137. The Hall–Kier alpha value is -2.41. The van der Waals surface area contributed by atoms with Gasteiger partial charge in [0.15, 0.2) is 0 Å². The molecule has 102 valence electrons. The van der Waals surface area contributed by atoms with Crippen LogP contribution in [0.25, 0.3) is 0 Å². The minimum atomic E-state index is -4.43. The van der Waals surface area contributed by atoms with E-state index >= 15 is 0 Å². The molecule has 4 heteroatoms. The Bertz CT molecular complexity index is 649. The minimum Gasteiger partial charge on any atom is -0.456 e. The summed E-state index contributed by atoms with van der Waals surface area (Å²) < 4.78 is 43.5. The molecule has 0 fully saturated rings. The number of hydrogen-bond acceptors (Lipinski definition) is 1. The first-order chi connectivity index (χ1) is 9.40. The maximum atomic E-state index is 12.7. The predicted octanol–water partition coefficient (Wildman–Crippen LogP) is 4.79. The molecule has 0 N–H and O–H groups in total. The standard InChI is InChI=1S/C16H11F3O/c1-3-12-6-7-13(16(17,18)19)10-15(12)20-14-8-4-11(2)5-9-14/h1,4-10H,2H3. The van der Waals surface area contributed by atoms with Crippen molar-refractivity contribution in [2.24, 2.45) is 0 Å². The van der Waals surface area contributed by atoms with Crippen molar-refractivity contribution in [2.75, 3.05) is 0 Å². The monoisotopic (exact) mass is 276 g/mol. The average Bonchev–Trinajstić information content (AvgIpc) is 2.40. The predicted molar refractivity (Wildman–Crippen MR) is 70.6 cm³/mol. The van der Waals surface area contributed by atoms with E-state index in [2.05, 4.69) is 5.92 Å². The molecule has 1 nitrogen and oxygen atoms in total. The summed E-state index contributed by atoms with van der Waals surface area (Å²) in [6, 6.07) is 10.0. The van der Waals surface area contributed by atoms with E-state index in [1.807, 2.05) is 6.92 Å². The van der Waals surface area contributed by atoms with Gasteiger partial charge in [0.1, 0.15) is 11.5 Å². The zero-order valence-electron chi connectivity index (χ0n) is 10.7. The molecular weight excluding hydrogens is 265 g/mol. The molecule has 2 rings (SSSR count). The second-order valence-corrected chi connectivity index (χ2v) is 4.27. The highest BCUT2D eigenvalue weighted by atomic mass is 19.4. The number of rotatable bonds is 2. The van der Waals surface area contributed by atoms with Gasteiger partial charge in [-0.05, 0) is 37.3 Å². The third-order valence-corrected chi connectivity index (χ3v) is 2.71. The van der Waals surface area contributed by atoms with Crippen LogP contribution >= 0.6 is 0 Å². The van der Waals surface area contributed by atoms with Gasteiger partial charge in [-0.1, -0.05) is 23.6 Å². The number of terminal acetylenes is 1. The van der Waals surface area contributed by atoms with E-state index < -0.39 is 11.7 Å². The molecule has 0 unspecified atom stereocenters. The Morgan fingerprint density at radius 3 is 2.25 bits per heavy atom. The highest BCUT2D eigenvalue weighted by Crippen LogP contribution is 2.34. The van der Waals surface area contributed by atoms with Crippen molar-refractivity contribution in [3.8, 4) is 23.8 Å². The van der Waals surface area contributed by atoms with E-state index in [1.165, 1.54) is 6.07 Å². The van der Waals surface area contributed by atoms with Crippen LogP contribution in [0.5, 0.6) is 11.5 Å². The molecule has 0 bridgehead atoms.